The summed E-state index contributed by atoms with van der Waals surface area (Å²) in [7, 11) is 1.84. The molecule has 1 saturated carbocycles. The smallest absolute Gasteiger partial charge is 0.225 e. The van der Waals surface area contributed by atoms with E-state index in [1.54, 1.807) is 0 Å². The third kappa shape index (κ3) is 5.87. The van der Waals surface area contributed by atoms with Crippen LogP contribution in [0.5, 0.6) is 0 Å². The van der Waals surface area contributed by atoms with Crippen LogP contribution in [0, 0.1) is 5.92 Å². The van der Waals surface area contributed by atoms with Crippen molar-refractivity contribution in [2.45, 2.75) is 38.1 Å². The zero-order valence-electron chi connectivity index (χ0n) is 18.8. The van der Waals surface area contributed by atoms with Gasteiger partial charge < -0.3 is 20.4 Å². The molecule has 1 aliphatic carbocycles. The zero-order chi connectivity index (χ0) is 21.5. The highest BCUT2D eigenvalue weighted by atomic mass is 16.2. The van der Waals surface area contributed by atoms with Gasteiger partial charge in [0.2, 0.25) is 5.91 Å². The molecule has 0 radical (unpaired) electrons. The van der Waals surface area contributed by atoms with Gasteiger partial charge in [-0.05, 0) is 37.8 Å². The Morgan fingerprint density at radius 3 is 2.48 bits per heavy atom. The SMILES string of the molecule is CN=C(NCCN1CCN(C(=O)C2CCC2)CC1)NC1CCN(c2ccccn2)CC1. The van der Waals surface area contributed by atoms with Crippen LogP contribution < -0.4 is 15.5 Å². The lowest BCUT2D eigenvalue weighted by molar-refractivity contribution is -0.139. The Morgan fingerprint density at radius 1 is 1.10 bits per heavy atom. The number of pyridine rings is 1. The van der Waals surface area contributed by atoms with Gasteiger partial charge in [0, 0.05) is 77.6 Å². The number of nitrogens with one attached hydrogen (secondary N) is 2. The number of aromatic nitrogens is 1. The van der Waals surface area contributed by atoms with Crippen LogP contribution in [0.25, 0.3) is 0 Å². The molecule has 1 aromatic heterocycles. The summed E-state index contributed by atoms with van der Waals surface area (Å²) < 4.78 is 0. The Kier molecular flexibility index (Phi) is 7.61. The number of carbonyl (C=O) groups excluding carboxylic acids is 1. The molecule has 3 fully saturated rings. The number of hydrogen-bond donors (Lipinski definition) is 2. The second-order valence-corrected chi connectivity index (χ2v) is 8.89. The van der Waals surface area contributed by atoms with Gasteiger partial charge in [0.25, 0.3) is 0 Å². The van der Waals surface area contributed by atoms with E-state index in [1.165, 1.54) is 6.42 Å². The zero-order valence-corrected chi connectivity index (χ0v) is 18.8. The lowest BCUT2D eigenvalue weighted by atomic mass is 9.84. The van der Waals surface area contributed by atoms with Crippen molar-refractivity contribution in [3.8, 4) is 0 Å². The van der Waals surface area contributed by atoms with Crippen LogP contribution in [0.4, 0.5) is 5.82 Å². The maximum absolute atomic E-state index is 12.4. The highest BCUT2D eigenvalue weighted by Crippen LogP contribution is 2.28. The van der Waals surface area contributed by atoms with Crippen molar-refractivity contribution in [1.29, 1.82) is 0 Å². The first-order chi connectivity index (χ1) is 15.2. The van der Waals surface area contributed by atoms with Gasteiger partial charge in [-0.2, -0.15) is 0 Å². The van der Waals surface area contributed by atoms with Crippen LogP contribution in [0.15, 0.2) is 29.4 Å². The lowest BCUT2D eigenvalue weighted by Crippen LogP contribution is -2.53. The van der Waals surface area contributed by atoms with Crippen LogP contribution >= 0.6 is 0 Å². The predicted molar refractivity (Wildman–Crippen MR) is 124 cm³/mol. The Bertz CT molecular complexity index is 721. The summed E-state index contributed by atoms with van der Waals surface area (Å²) in [4.78, 5) is 28.1. The van der Waals surface area contributed by atoms with Gasteiger partial charge in [0.15, 0.2) is 5.96 Å². The van der Waals surface area contributed by atoms with Gasteiger partial charge in [-0.3, -0.25) is 14.7 Å². The molecular formula is C23H37N7O. The van der Waals surface area contributed by atoms with Gasteiger partial charge in [0.1, 0.15) is 5.82 Å². The van der Waals surface area contributed by atoms with Gasteiger partial charge in [-0.15, -0.1) is 0 Å². The van der Waals surface area contributed by atoms with Crippen LogP contribution in [-0.4, -0.2) is 92.1 Å². The van der Waals surface area contributed by atoms with Crippen molar-refractivity contribution in [1.82, 2.24) is 25.4 Å². The van der Waals surface area contributed by atoms with Crippen molar-refractivity contribution in [3.63, 3.8) is 0 Å². The number of anilines is 1. The molecule has 8 nitrogen and oxygen atoms in total. The molecule has 0 atom stereocenters. The Labute approximate surface area is 186 Å². The number of guanidine groups is 1. The van der Waals surface area contributed by atoms with E-state index in [0.717, 1.165) is 89.8 Å². The molecule has 1 aromatic rings. The molecule has 3 heterocycles. The first-order valence-electron chi connectivity index (χ1n) is 11.9. The van der Waals surface area contributed by atoms with Crippen molar-refractivity contribution in [3.05, 3.63) is 24.4 Å². The van der Waals surface area contributed by atoms with Crippen LogP contribution in [0.2, 0.25) is 0 Å². The molecular weight excluding hydrogens is 390 g/mol. The van der Waals surface area contributed by atoms with Gasteiger partial charge in [-0.1, -0.05) is 12.5 Å². The van der Waals surface area contributed by atoms with Gasteiger partial charge >= 0.3 is 0 Å². The second kappa shape index (κ2) is 10.8. The summed E-state index contributed by atoms with van der Waals surface area (Å²) in [6.07, 6.45) is 7.43. The van der Waals surface area contributed by atoms with Crippen molar-refractivity contribution in [2.75, 3.05) is 64.3 Å². The molecule has 1 amide bonds. The second-order valence-electron chi connectivity index (χ2n) is 8.89. The molecule has 31 heavy (non-hydrogen) atoms. The van der Waals surface area contributed by atoms with E-state index in [9.17, 15) is 4.79 Å². The number of rotatable bonds is 6. The summed E-state index contributed by atoms with van der Waals surface area (Å²) in [5, 5.41) is 7.05. The number of carbonyl (C=O) groups is 1. The Balaban J connectivity index is 1.11. The molecule has 2 aliphatic heterocycles. The number of piperidine rings is 1. The van der Waals surface area contributed by atoms with Crippen molar-refractivity contribution in [2.24, 2.45) is 10.9 Å². The third-order valence-corrected chi connectivity index (χ3v) is 6.89. The van der Waals surface area contributed by atoms with Gasteiger partial charge in [0.05, 0.1) is 0 Å². The Morgan fingerprint density at radius 2 is 1.87 bits per heavy atom. The largest absolute Gasteiger partial charge is 0.356 e. The number of aliphatic imine (C=N–C) groups is 1. The van der Waals surface area contributed by atoms with E-state index in [-0.39, 0.29) is 0 Å². The number of amides is 1. The topological polar surface area (TPSA) is 76.1 Å². The number of nitrogens with zero attached hydrogens (tertiary/aromatic N) is 5. The maximum Gasteiger partial charge on any atom is 0.225 e. The van der Waals surface area contributed by atoms with Crippen LogP contribution in [-0.2, 0) is 4.79 Å². The van der Waals surface area contributed by atoms with E-state index < -0.39 is 0 Å². The molecule has 8 heteroatoms. The fourth-order valence-corrected chi connectivity index (χ4v) is 4.62. The molecule has 3 aliphatic rings. The first-order valence-corrected chi connectivity index (χ1v) is 11.9. The quantitative estimate of drug-likeness (QED) is 0.524. The number of piperazine rings is 1. The molecule has 0 unspecified atom stereocenters. The van der Waals surface area contributed by atoms with Crippen molar-refractivity contribution >= 4 is 17.7 Å². The van der Waals surface area contributed by atoms with Crippen LogP contribution in [0.3, 0.4) is 0 Å². The van der Waals surface area contributed by atoms with Crippen LogP contribution in [0.1, 0.15) is 32.1 Å². The minimum atomic E-state index is 0.318. The highest BCUT2D eigenvalue weighted by molar-refractivity contribution is 5.80. The van der Waals surface area contributed by atoms with E-state index in [4.69, 9.17) is 0 Å². The fourth-order valence-electron chi connectivity index (χ4n) is 4.62. The third-order valence-electron chi connectivity index (χ3n) is 6.89. The molecule has 2 saturated heterocycles. The molecule has 170 valence electrons. The maximum atomic E-state index is 12.4. The summed E-state index contributed by atoms with van der Waals surface area (Å²) in [6.45, 7) is 7.54. The summed E-state index contributed by atoms with van der Waals surface area (Å²) in [6, 6.07) is 6.52. The van der Waals surface area contributed by atoms with Gasteiger partial charge in [-0.25, -0.2) is 4.98 Å². The molecule has 0 bridgehead atoms. The molecule has 2 N–H and O–H groups in total. The van der Waals surface area contributed by atoms with E-state index >= 15 is 0 Å². The summed E-state index contributed by atoms with van der Waals surface area (Å²) in [5.41, 5.74) is 0. The standard InChI is InChI=1S/C23H37N7O/c1-24-23(27-20-8-12-29(13-9-20)21-7-2-3-10-25-21)26-11-14-28-15-17-30(18-16-28)22(31)19-5-4-6-19/h2-3,7,10,19-20H,4-6,8-9,11-18H2,1H3,(H2,24,26,27). The molecule has 4 rings (SSSR count). The number of hydrogen-bond acceptors (Lipinski definition) is 5. The average Bonchev–Trinajstić information content (AvgIpc) is 2.78. The Hall–Kier alpha value is -2.35. The van der Waals surface area contributed by atoms with E-state index in [0.29, 0.717) is 17.9 Å². The minimum absolute atomic E-state index is 0.318. The lowest BCUT2D eigenvalue weighted by Gasteiger charge is -2.38. The van der Waals surface area contributed by atoms with Crippen molar-refractivity contribution < 1.29 is 4.79 Å². The fraction of sp³-hybridized carbons (Fsp3) is 0.696. The van der Waals surface area contributed by atoms with E-state index in [1.807, 2.05) is 25.4 Å². The average molecular weight is 428 g/mol. The monoisotopic (exact) mass is 427 g/mol. The molecule has 0 aromatic carbocycles. The summed E-state index contributed by atoms with van der Waals surface area (Å²) in [5.74, 6) is 2.66. The minimum Gasteiger partial charge on any atom is -0.356 e. The first kappa shape index (κ1) is 21.9. The summed E-state index contributed by atoms with van der Waals surface area (Å²) >= 11 is 0. The van der Waals surface area contributed by atoms with E-state index in [2.05, 4.69) is 41.4 Å². The normalized spacial score (nSPS) is 21.6. The predicted octanol–water partition coefficient (Wildman–Crippen LogP) is 1.16. The highest BCUT2D eigenvalue weighted by Gasteiger charge is 2.31. The molecule has 0 spiro atoms.